The summed E-state index contributed by atoms with van der Waals surface area (Å²) in [6, 6.07) is 0. The van der Waals surface area contributed by atoms with E-state index in [9.17, 15) is 4.79 Å². The molecule has 0 bridgehead atoms. The fourth-order valence-electron chi connectivity index (χ4n) is 2.38. The third kappa shape index (κ3) is 2.41. The molecule has 0 saturated heterocycles. The molecule has 1 aliphatic rings. The van der Waals surface area contributed by atoms with Gasteiger partial charge in [0.1, 0.15) is 0 Å². The molecule has 1 aromatic heterocycles. The molecule has 2 rings (SSSR count). The van der Waals surface area contributed by atoms with Crippen LogP contribution in [0.5, 0.6) is 0 Å². The second-order valence-electron chi connectivity index (χ2n) is 4.31. The molecule has 2 atom stereocenters. The predicted molar refractivity (Wildman–Crippen MR) is 61.7 cm³/mol. The zero-order valence-corrected chi connectivity index (χ0v) is 9.28. The van der Waals surface area contributed by atoms with E-state index < -0.39 is 0 Å². The molecule has 4 N–H and O–H groups in total. The van der Waals surface area contributed by atoms with E-state index in [1.165, 1.54) is 6.42 Å². The molecule has 1 amide bonds. The molecule has 16 heavy (non-hydrogen) atoms. The first kappa shape index (κ1) is 11.1. The number of amides is 1. The molecule has 88 valence electrons. The fourth-order valence-corrected chi connectivity index (χ4v) is 2.38. The topological polar surface area (TPSA) is 83.8 Å². The van der Waals surface area contributed by atoms with Crippen molar-refractivity contribution >= 4 is 11.9 Å². The van der Waals surface area contributed by atoms with Crippen LogP contribution in [-0.4, -0.2) is 22.4 Å². The predicted octanol–water partition coefficient (Wildman–Crippen LogP) is 1.11. The summed E-state index contributed by atoms with van der Waals surface area (Å²) in [6.45, 7) is 0.593. The van der Waals surface area contributed by atoms with Crippen molar-refractivity contribution in [3.8, 4) is 0 Å². The highest BCUT2D eigenvalue weighted by atomic mass is 16.2. The summed E-state index contributed by atoms with van der Waals surface area (Å²) >= 11 is 0. The van der Waals surface area contributed by atoms with Crippen LogP contribution in [0.2, 0.25) is 0 Å². The lowest BCUT2D eigenvalue weighted by Gasteiger charge is -2.29. The van der Waals surface area contributed by atoms with Crippen molar-refractivity contribution in [3.05, 3.63) is 12.4 Å². The number of nitrogens with zero attached hydrogens (tertiary/aromatic N) is 1. The first-order valence-corrected chi connectivity index (χ1v) is 5.81. The molecule has 0 radical (unpaired) electrons. The highest BCUT2D eigenvalue weighted by molar-refractivity contribution is 5.91. The first-order valence-electron chi connectivity index (χ1n) is 5.81. The van der Waals surface area contributed by atoms with Crippen molar-refractivity contribution in [1.29, 1.82) is 0 Å². The minimum absolute atomic E-state index is 0.0452. The Bertz CT molecular complexity index is 336. The minimum atomic E-state index is 0.0452. The molecule has 1 heterocycles. The number of imidazole rings is 1. The van der Waals surface area contributed by atoms with Crippen LogP contribution in [0.3, 0.4) is 0 Å². The molecule has 5 heteroatoms. The largest absolute Gasteiger partial charge is 0.331 e. The molecule has 0 spiro atoms. The Hall–Kier alpha value is -1.36. The quantitative estimate of drug-likeness (QED) is 0.716. The average molecular weight is 222 g/mol. The van der Waals surface area contributed by atoms with Gasteiger partial charge in [-0.05, 0) is 25.3 Å². The van der Waals surface area contributed by atoms with Gasteiger partial charge in [-0.2, -0.15) is 0 Å². The summed E-state index contributed by atoms with van der Waals surface area (Å²) in [5.74, 6) is 0.934. The van der Waals surface area contributed by atoms with E-state index in [-0.39, 0.29) is 11.8 Å². The van der Waals surface area contributed by atoms with Crippen molar-refractivity contribution in [2.75, 3.05) is 11.9 Å². The number of H-pyrrole nitrogens is 1. The van der Waals surface area contributed by atoms with E-state index >= 15 is 0 Å². The van der Waals surface area contributed by atoms with Gasteiger partial charge in [0.2, 0.25) is 11.9 Å². The number of nitrogens with two attached hydrogens (primary N) is 1. The molecule has 0 aliphatic heterocycles. The molecule has 0 aromatic carbocycles. The zero-order chi connectivity index (χ0) is 11.4. The van der Waals surface area contributed by atoms with Gasteiger partial charge in [-0.15, -0.1) is 0 Å². The van der Waals surface area contributed by atoms with E-state index in [4.69, 9.17) is 5.73 Å². The maximum absolute atomic E-state index is 12.0. The highest BCUT2D eigenvalue weighted by Gasteiger charge is 2.30. The van der Waals surface area contributed by atoms with Crippen LogP contribution in [-0.2, 0) is 4.79 Å². The fraction of sp³-hybridized carbons (Fsp3) is 0.636. The molecule has 5 nitrogen and oxygen atoms in total. The van der Waals surface area contributed by atoms with Gasteiger partial charge in [0.05, 0.1) is 0 Å². The van der Waals surface area contributed by atoms with Crippen molar-refractivity contribution < 1.29 is 4.79 Å². The smallest absolute Gasteiger partial charge is 0.230 e. The number of carbonyl (C=O) groups excluding carboxylic acids is 1. The normalized spacial score (nSPS) is 25.3. The molecule has 1 saturated carbocycles. The van der Waals surface area contributed by atoms with Gasteiger partial charge < -0.3 is 10.7 Å². The van der Waals surface area contributed by atoms with Crippen LogP contribution in [0.4, 0.5) is 5.95 Å². The van der Waals surface area contributed by atoms with Crippen molar-refractivity contribution in [2.24, 2.45) is 17.6 Å². The number of anilines is 1. The van der Waals surface area contributed by atoms with Gasteiger partial charge in [0.25, 0.3) is 0 Å². The van der Waals surface area contributed by atoms with Crippen molar-refractivity contribution in [3.63, 3.8) is 0 Å². The Morgan fingerprint density at radius 3 is 3.06 bits per heavy atom. The van der Waals surface area contributed by atoms with Crippen LogP contribution in [0.25, 0.3) is 0 Å². The van der Waals surface area contributed by atoms with Crippen molar-refractivity contribution in [2.45, 2.75) is 25.7 Å². The van der Waals surface area contributed by atoms with Gasteiger partial charge in [0, 0.05) is 18.3 Å². The lowest BCUT2D eigenvalue weighted by atomic mass is 9.79. The van der Waals surface area contributed by atoms with Crippen LogP contribution in [0, 0.1) is 11.8 Å². The Labute approximate surface area is 94.8 Å². The van der Waals surface area contributed by atoms with Gasteiger partial charge >= 0.3 is 0 Å². The second-order valence-corrected chi connectivity index (χ2v) is 4.31. The van der Waals surface area contributed by atoms with Crippen LogP contribution >= 0.6 is 0 Å². The summed E-state index contributed by atoms with van der Waals surface area (Å²) in [6.07, 6.45) is 7.62. The van der Waals surface area contributed by atoms with E-state index in [1.807, 2.05) is 0 Å². The summed E-state index contributed by atoms with van der Waals surface area (Å²) in [4.78, 5) is 18.9. The van der Waals surface area contributed by atoms with Gasteiger partial charge in [-0.1, -0.05) is 12.8 Å². The van der Waals surface area contributed by atoms with E-state index in [2.05, 4.69) is 15.3 Å². The van der Waals surface area contributed by atoms with E-state index in [1.54, 1.807) is 12.4 Å². The monoisotopic (exact) mass is 222 g/mol. The Balaban J connectivity index is 1.97. The Morgan fingerprint density at radius 2 is 2.38 bits per heavy atom. The van der Waals surface area contributed by atoms with Crippen LogP contribution in [0.15, 0.2) is 12.4 Å². The number of rotatable bonds is 3. The summed E-state index contributed by atoms with van der Waals surface area (Å²) in [5, 5.41) is 2.79. The number of hydrogen-bond donors (Lipinski definition) is 3. The molecule has 1 fully saturated rings. The summed E-state index contributed by atoms with van der Waals surface area (Å²) < 4.78 is 0. The molecular weight excluding hydrogens is 204 g/mol. The lowest BCUT2D eigenvalue weighted by molar-refractivity contribution is -0.122. The van der Waals surface area contributed by atoms with Crippen LogP contribution in [0.1, 0.15) is 25.7 Å². The van der Waals surface area contributed by atoms with E-state index in [0.29, 0.717) is 18.4 Å². The van der Waals surface area contributed by atoms with Crippen molar-refractivity contribution in [1.82, 2.24) is 9.97 Å². The summed E-state index contributed by atoms with van der Waals surface area (Å²) in [7, 11) is 0. The number of carbonyl (C=O) groups is 1. The maximum Gasteiger partial charge on any atom is 0.230 e. The van der Waals surface area contributed by atoms with Crippen LogP contribution < -0.4 is 11.1 Å². The number of aromatic amines is 1. The lowest BCUT2D eigenvalue weighted by Crippen LogP contribution is -2.35. The molecule has 2 unspecified atom stereocenters. The highest BCUT2D eigenvalue weighted by Crippen LogP contribution is 2.29. The summed E-state index contributed by atoms with van der Waals surface area (Å²) in [5.41, 5.74) is 5.70. The number of nitrogens with one attached hydrogen (secondary N) is 2. The van der Waals surface area contributed by atoms with Gasteiger partial charge in [-0.25, -0.2) is 4.98 Å². The molecule has 1 aliphatic carbocycles. The zero-order valence-electron chi connectivity index (χ0n) is 9.28. The minimum Gasteiger partial charge on any atom is -0.331 e. The number of hydrogen-bond acceptors (Lipinski definition) is 3. The van der Waals surface area contributed by atoms with Gasteiger partial charge in [0.15, 0.2) is 0 Å². The van der Waals surface area contributed by atoms with E-state index in [0.717, 1.165) is 19.3 Å². The Morgan fingerprint density at radius 1 is 1.56 bits per heavy atom. The standard InChI is InChI=1S/C11H18N4O/c12-7-8-3-1-2-4-9(8)10(16)15-11-13-5-6-14-11/h5-6,8-9H,1-4,7,12H2,(H2,13,14,15,16). The average Bonchev–Trinajstić information content (AvgIpc) is 2.81. The maximum atomic E-state index is 12.0. The number of aromatic nitrogens is 2. The third-order valence-corrected chi connectivity index (χ3v) is 3.29. The van der Waals surface area contributed by atoms with Gasteiger partial charge in [-0.3, -0.25) is 10.1 Å². The SMILES string of the molecule is NCC1CCCCC1C(=O)Nc1ncc[nH]1. The first-order chi connectivity index (χ1) is 7.81. The Kier molecular flexibility index (Phi) is 3.56. The second kappa shape index (κ2) is 5.12. The molecule has 1 aromatic rings. The molecular formula is C11H18N4O. The third-order valence-electron chi connectivity index (χ3n) is 3.29.